The van der Waals surface area contributed by atoms with Crippen molar-refractivity contribution in [1.29, 1.82) is 5.26 Å². The highest BCUT2D eigenvalue weighted by molar-refractivity contribution is 5.78. The van der Waals surface area contributed by atoms with E-state index in [1.54, 1.807) is 19.1 Å². The average Bonchev–Trinajstić information content (AvgIpc) is 2.36. The Bertz CT molecular complexity index is 434. The largest absolute Gasteiger partial charge is 0.480 e. The normalized spacial score (nSPS) is 13.7. The summed E-state index contributed by atoms with van der Waals surface area (Å²) in [5, 5.41) is 20.8. The van der Waals surface area contributed by atoms with Gasteiger partial charge >= 0.3 is 5.97 Å². The quantitative estimate of drug-likeness (QED) is 0.813. The van der Waals surface area contributed by atoms with E-state index in [0.717, 1.165) is 5.56 Å². The Hall–Kier alpha value is -1.86. The smallest absolute Gasteiger partial charge is 0.323 e. The molecule has 0 spiro atoms. The van der Waals surface area contributed by atoms with Crippen molar-refractivity contribution in [1.82, 2.24) is 5.32 Å². The van der Waals surface area contributed by atoms with Gasteiger partial charge in [-0.1, -0.05) is 19.1 Å². The molecule has 0 radical (unpaired) electrons. The molecule has 0 heterocycles. The van der Waals surface area contributed by atoms with E-state index in [9.17, 15) is 4.79 Å². The van der Waals surface area contributed by atoms with Crippen LogP contribution in [0.3, 0.4) is 0 Å². The number of carboxylic acid groups (broad SMARTS) is 1. The van der Waals surface area contributed by atoms with E-state index in [4.69, 9.17) is 10.4 Å². The number of benzene rings is 1. The fourth-order valence-corrected chi connectivity index (χ4v) is 1.35. The van der Waals surface area contributed by atoms with Gasteiger partial charge in [-0.3, -0.25) is 10.1 Å². The minimum Gasteiger partial charge on any atom is -0.480 e. The highest BCUT2D eigenvalue weighted by atomic mass is 16.4. The Morgan fingerprint density at radius 2 is 2.06 bits per heavy atom. The van der Waals surface area contributed by atoms with Gasteiger partial charge in [0.1, 0.15) is 5.54 Å². The molecule has 1 rings (SSSR count). The molecule has 0 aliphatic carbocycles. The van der Waals surface area contributed by atoms with E-state index in [1.165, 1.54) is 0 Å². The first kappa shape index (κ1) is 13.2. The van der Waals surface area contributed by atoms with Gasteiger partial charge in [0.25, 0.3) is 0 Å². The number of carbonyl (C=O) groups is 1. The number of hydrogen-bond acceptors (Lipinski definition) is 3. The second-order valence-electron chi connectivity index (χ2n) is 4.15. The number of aliphatic carboxylic acids is 1. The summed E-state index contributed by atoms with van der Waals surface area (Å²) in [6, 6.07) is 9.13. The fourth-order valence-electron chi connectivity index (χ4n) is 1.35. The molecule has 0 aromatic heterocycles. The van der Waals surface area contributed by atoms with Crippen LogP contribution >= 0.6 is 0 Å². The molecule has 90 valence electrons. The van der Waals surface area contributed by atoms with Crippen molar-refractivity contribution in [3.05, 3.63) is 35.4 Å². The van der Waals surface area contributed by atoms with Crippen LogP contribution in [0.4, 0.5) is 0 Å². The van der Waals surface area contributed by atoms with Crippen molar-refractivity contribution >= 4 is 5.97 Å². The maximum Gasteiger partial charge on any atom is 0.323 e. The molecule has 0 amide bonds. The monoisotopic (exact) mass is 232 g/mol. The first-order valence-corrected chi connectivity index (χ1v) is 5.49. The molecule has 4 nitrogen and oxygen atoms in total. The second-order valence-corrected chi connectivity index (χ2v) is 4.15. The van der Waals surface area contributed by atoms with Crippen LogP contribution in [0.15, 0.2) is 24.3 Å². The number of hydrogen-bond donors (Lipinski definition) is 2. The van der Waals surface area contributed by atoms with E-state index in [1.807, 2.05) is 25.1 Å². The van der Waals surface area contributed by atoms with Crippen LogP contribution in [0.5, 0.6) is 0 Å². The summed E-state index contributed by atoms with van der Waals surface area (Å²) in [6.45, 7) is 3.97. The Balaban J connectivity index is 2.67. The minimum absolute atomic E-state index is 0.475. The number of nitrogens with one attached hydrogen (secondary N) is 1. The van der Waals surface area contributed by atoms with Crippen molar-refractivity contribution in [2.45, 2.75) is 32.4 Å². The first-order chi connectivity index (χ1) is 8.01. The van der Waals surface area contributed by atoms with E-state index in [0.29, 0.717) is 18.5 Å². The van der Waals surface area contributed by atoms with Gasteiger partial charge in [-0.25, -0.2) is 0 Å². The van der Waals surface area contributed by atoms with Gasteiger partial charge in [0, 0.05) is 6.54 Å². The summed E-state index contributed by atoms with van der Waals surface area (Å²) in [5.41, 5.74) is 0.656. The van der Waals surface area contributed by atoms with Crippen LogP contribution in [0.25, 0.3) is 0 Å². The van der Waals surface area contributed by atoms with Crippen LogP contribution in [-0.4, -0.2) is 16.6 Å². The van der Waals surface area contributed by atoms with Crippen molar-refractivity contribution in [2.24, 2.45) is 0 Å². The average molecular weight is 232 g/mol. The van der Waals surface area contributed by atoms with E-state index < -0.39 is 11.5 Å². The minimum atomic E-state index is -0.909. The van der Waals surface area contributed by atoms with E-state index in [2.05, 4.69) is 5.32 Å². The van der Waals surface area contributed by atoms with Crippen LogP contribution < -0.4 is 5.32 Å². The number of nitriles is 1. The summed E-state index contributed by atoms with van der Waals surface area (Å²) in [4.78, 5) is 11.1. The fraction of sp³-hybridized carbons (Fsp3) is 0.385. The predicted molar refractivity (Wildman–Crippen MR) is 64.3 cm³/mol. The van der Waals surface area contributed by atoms with Crippen molar-refractivity contribution < 1.29 is 9.90 Å². The highest BCUT2D eigenvalue weighted by Crippen LogP contribution is 2.11. The molecule has 0 saturated carbocycles. The van der Waals surface area contributed by atoms with Gasteiger partial charge in [0.2, 0.25) is 0 Å². The molecular weight excluding hydrogens is 216 g/mol. The molecule has 1 aromatic rings. The van der Waals surface area contributed by atoms with Crippen LogP contribution in [0.2, 0.25) is 0 Å². The zero-order chi connectivity index (χ0) is 12.9. The van der Waals surface area contributed by atoms with Gasteiger partial charge in [-0.15, -0.1) is 0 Å². The highest BCUT2D eigenvalue weighted by Gasteiger charge is 2.29. The molecule has 0 saturated heterocycles. The summed E-state index contributed by atoms with van der Waals surface area (Å²) in [7, 11) is 0. The van der Waals surface area contributed by atoms with Crippen molar-refractivity contribution in [2.75, 3.05) is 0 Å². The SMILES string of the molecule is CCC(C)(NCc1ccc(C#N)cc1)C(=O)O. The third-order valence-corrected chi connectivity index (χ3v) is 2.94. The number of nitrogens with zero attached hydrogens (tertiary/aromatic N) is 1. The molecule has 0 fully saturated rings. The summed E-state index contributed by atoms with van der Waals surface area (Å²) in [6.07, 6.45) is 0.513. The lowest BCUT2D eigenvalue weighted by Crippen LogP contribution is -2.48. The topological polar surface area (TPSA) is 73.1 Å². The van der Waals surface area contributed by atoms with Gasteiger partial charge in [0.15, 0.2) is 0 Å². The van der Waals surface area contributed by atoms with Gasteiger partial charge in [-0.2, -0.15) is 5.26 Å². The molecular formula is C13H16N2O2. The lowest BCUT2D eigenvalue weighted by Gasteiger charge is -2.24. The van der Waals surface area contributed by atoms with Gasteiger partial charge < -0.3 is 5.11 Å². The predicted octanol–water partition coefficient (Wildman–Crippen LogP) is 1.90. The van der Waals surface area contributed by atoms with Crippen LogP contribution in [0.1, 0.15) is 31.4 Å². The Kier molecular flexibility index (Phi) is 4.24. The molecule has 0 bridgehead atoms. The molecule has 2 N–H and O–H groups in total. The lowest BCUT2D eigenvalue weighted by molar-refractivity contribution is -0.144. The lowest BCUT2D eigenvalue weighted by atomic mass is 9.99. The third-order valence-electron chi connectivity index (χ3n) is 2.94. The number of carboxylic acids is 1. The number of rotatable bonds is 5. The van der Waals surface area contributed by atoms with Crippen LogP contribution in [0, 0.1) is 11.3 Å². The Labute approximate surface area is 101 Å². The van der Waals surface area contributed by atoms with E-state index >= 15 is 0 Å². The molecule has 1 aromatic carbocycles. The van der Waals surface area contributed by atoms with Gasteiger partial charge in [-0.05, 0) is 31.0 Å². The summed E-state index contributed by atoms with van der Waals surface area (Å²) in [5.74, 6) is -0.853. The molecule has 1 unspecified atom stereocenters. The van der Waals surface area contributed by atoms with Crippen molar-refractivity contribution in [3.63, 3.8) is 0 Å². The molecule has 4 heteroatoms. The van der Waals surface area contributed by atoms with E-state index in [-0.39, 0.29) is 0 Å². The Morgan fingerprint density at radius 3 is 2.47 bits per heavy atom. The maximum absolute atomic E-state index is 11.1. The summed E-state index contributed by atoms with van der Waals surface area (Å²) >= 11 is 0. The first-order valence-electron chi connectivity index (χ1n) is 5.49. The third kappa shape index (κ3) is 3.30. The summed E-state index contributed by atoms with van der Waals surface area (Å²) < 4.78 is 0. The molecule has 17 heavy (non-hydrogen) atoms. The second kappa shape index (κ2) is 5.46. The molecule has 1 atom stereocenters. The zero-order valence-corrected chi connectivity index (χ0v) is 10.0. The maximum atomic E-state index is 11.1. The molecule has 0 aliphatic rings. The van der Waals surface area contributed by atoms with Crippen LogP contribution in [-0.2, 0) is 11.3 Å². The molecule has 0 aliphatic heterocycles. The Morgan fingerprint density at radius 1 is 1.47 bits per heavy atom. The zero-order valence-electron chi connectivity index (χ0n) is 10.0. The standard InChI is InChI=1S/C13H16N2O2/c1-3-13(2,12(16)17)15-9-11-6-4-10(8-14)5-7-11/h4-7,15H,3,9H2,1-2H3,(H,16,17). The van der Waals surface area contributed by atoms with Crippen molar-refractivity contribution in [3.8, 4) is 6.07 Å². The van der Waals surface area contributed by atoms with Gasteiger partial charge in [0.05, 0.1) is 11.6 Å².